The highest BCUT2D eigenvalue weighted by Gasteiger charge is 2.14. The van der Waals surface area contributed by atoms with Crippen molar-refractivity contribution in [1.29, 1.82) is 0 Å². The molecule has 0 aromatic heterocycles. The number of carbonyl (C=O) groups excluding carboxylic acids is 1. The van der Waals surface area contributed by atoms with E-state index in [0.717, 1.165) is 21.5 Å². The highest BCUT2D eigenvalue weighted by atomic mass is 16.4. The van der Waals surface area contributed by atoms with E-state index in [0.29, 0.717) is 5.56 Å². The summed E-state index contributed by atoms with van der Waals surface area (Å²) in [5, 5.41) is 11.4. The maximum atomic E-state index is 11.3. The quantitative estimate of drug-likeness (QED) is 0.462. The summed E-state index contributed by atoms with van der Waals surface area (Å²) in [5.74, 6) is -0.633. The molecule has 0 heterocycles. The lowest BCUT2D eigenvalue weighted by molar-refractivity contribution is 0.0699. The van der Waals surface area contributed by atoms with Gasteiger partial charge in [0.15, 0.2) is 0 Å². The van der Waals surface area contributed by atoms with E-state index in [1.54, 1.807) is 6.07 Å². The molecule has 17 heavy (non-hydrogen) atoms. The number of fused-ring (bicyclic) bond motifs is 2. The molecule has 0 aliphatic carbocycles. The van der Waals surface area contributed by atoms with Gasteiger partial charge in [-0.05, 0) is 34.4 Å². The second-order valence-electron chi connectivity index (χ2n) is 4.06. The van der Waals surface area contributed by atoms with Crippen LogP contribution in [0.3, 0.4) is 0 Å². The van der Waals surface area contributed by atoms with E-state index in [1.165, 1.54) is 0 Å². The molecule has 0 fully saturated rings. The van der Waals surface area contributed by atoms with Crippen LogP contribution in [0.15, 0.2) is 54.6 Å². The predicted molar refractivity (Wildman–Crippen MR) is 69.4 cm³/mol. The third-order valence-electron chi connectivity index (χ3n) is 2.99. The minimum absolute atomic E-state index is 0.466. The Labute approximate surface area is 98.1 Å². The van der Waals surface area contributed by atoms with Crippen molar-refractivity contribution in [2.45, 2.75) is 0 Å². The van der Waals surface area contributed by atoms with E-state index in [1.807, 2.05) is 42.5 Å². The molecule has 0 amide bonds. The van der Waals surface area contributed by atoms with Gasteiger partial charge in [-0.15, -0.1) is 0 Å². The van der Waals surface area contributed by atoms with Crippen LogP contribution in [-0.2, 0) is 0 Å². The van der Waals surface area contributed by atoms with E-state index in [4.69, 9.17) is 5.11 Å². The third-order valence-corrected chi connectivity index (χ3v) is 2.99. The molecule has 0 saturated carbocycles. The van der Waals surface area contributed by atoms with Crippen molar-refractivity contribution in [1.82, 2.24) is 0 Å². The van der Waals surface area contributed by atoms with Crippen molar-refractivity contribution in [2.75, 3.05) is 0 Å². The van der Waals surface area contributed by atoms with Gasteiger partial charge in [-0.25, -0.2) is 0 Å². The standard InChI is InChI=1S/C15H10O2/c16-15(17)13-7-3-6-12-8-10-4-1-2-5-11(10)9-14(12)13/h1-9H,(H,16,17)/p+1. The fourth-order valence-electron chi connectivity index (χ4n) is 2.16. The Morgan fingerprint density at radius 1 is 0.824 bits per heavy atom. The normalized spacial score (nSPS) is 10.8. The molecule has 2 heteroatoms. The number of hydrogen-bond donors (Lipinski definition) is 0. The van der Waals surface area contributed by atoms with Crippen molar-refractivity contribution in [3.8, 4) is 0 Å². The van der Waals surface area contributed by atoms with Gasteiger partial charge in [0.25, 0.3) is 0 Å². The van der Waals surface area contributed by atoms with Gasteiger partial charge in [-0.1, -0.05) is 36.4 Å². The zero-order valence-corrected chi connectivity index (χ0v) is 9.10. The second-order valence-corrected chi connectivity index (χ2v) is 4.06. The Morgan fingerprint density at radius 2 is 1.47 bits per heavy atom. The molecule has 82 valence electrons. The molecule has 0 spiro atoms. The van der Waals surface area contributed by atoms with E-state index in [2.05, 4.69) is 6.07 Å². The smallest absolute Gasteiger partial charge is 0.549 e. The van der Waals surface area contributed by atoms with Crippen molar-refractivity contribution < 1.29 is 9.90 Å². The van der Waals surface area contributed by atoms with Crippen LogP contribution in [0, 0.1) is 0 Å². The topological polar surface area (TPSA) is 40.0 Å². The highest BCUT2D eigenvalue weighted by Crippen LogP contribution is 2.25. The van der Waals surface area contributed by atoms with Gasteiger partial charge < -0.3 is 5.11 Å². The number of hydrogen-bond acceptors (Lipinski definition) is 1. The van der Waals surface area contributed by atoms with Crippen LogP contribution < -0.4 is 0 Å². The zero-order chi connectivity index (χ0) is 11.8. The molecule has 0 bridgehead atoms. The average Bonchev–Trinajstić information content (AvgIpc) is 2.35. The number of rotatable bonds is 1. The van der Waals surface area contributed by atoms with Gasteiger partial charge in [-0.2, -0.15) is 0 Å². The van der Waals surface area contributed by atoms with Gasteiger partial charge >= 0.3 is 5.97 Å². The number of benzene rings is 3. The molecule has 2 N–H and O–H groups in total. The Bertz CT molecular complexity index is 729. The fourth-order valence-corrected chi connectivity index (χ4v) is 2.16. The molecule has 3 aromatic rings. The Balaban J connectivity index is 2.47. The summed E-state index contributed by atoms with van der Waals surface area (Å²) in [7, 11) is 0. The van der Waals surface area contributed by atoms with Crippen LogP contribution in [0.25, 0.3) is 21.5 Å². The van der Waals surface area contributed by atoms with Crippen LogP contribution in [0.2, 0.25) is 0 Å². The second kappa shape index (κ2) is 3.59. The molecular weight excluding hydrogens is 212 g/mol. The predicted octanol–water partition coefficient (Wildman–Crippen LogP) is 2.86. The molecule has 0 radical (unpaired) electrons. The van der Waals surface area contributed by atoms with Crippen molar-refractivity contribution in [2.24, 2.45) is 0 Å². The molecule has 0 unspecified atom stereocenters. The first-order valence-corrected chi connectivity index (χ1v) is 5.43. The van der Waals surface area contributed by atoms with Crippen molar-refractivity contribution in [3.63, 3.8) is 0 Å². The van der Waals surface area contributed by atoms with Crippen LogP contribution in [0.4, 0.5) is 0 Å². The van der Waals surface area contributed by atoms with E-state index >= 15 is 0 Å². The molecule has 0 aliphatic heterocycles. The van der Waals surface area contributed by atoms with Crippen LogP contribution in [0.1, 0.15) is 10.4 Å². The van der Waals surface area contributed by atoms with Crippen LogP contribution >= 0.6 is 0 Å². The first-order valence-electron chi connectivity index (χ1n) is 5.43. The Morgan fingerprint density at radius 3 is 2.18 bits per heavy atom. The Kier molecular flexibility index (Phi) is 2.08. The first kappa shape index (κ1) is 9.85. The summed E-state index contributed by atoms with van der Waals surface area (Å²) in [5.41, 5.74) is 0.466. The van der Waals surface area contributed by atoms with Crippen LogP contribution in [0.5, 0.6) is 0 Å². The molecule has 0 atom stereocenters. The van der Waals surface area contributed by atoms with Crippen molar-refractivity contribution in [3.05, 3.63) is 60.2 Å². The summed E-state index contributed by atoms with van der Waals surface area (Å²) in [6.07, 6.45) is 0. The van der Waals surface area contributed by atoms with E-state index in [-0.39, 0.29) is 0 Å². The molecular formula is C15H11O2+. The van der Waals surface area contributed by atoms with Gasteiger partial charge in [-0.3, -0.25) is 0 Å². The lowest BCUT2D eigenvalue weighted by Crippen LogP contribution is -1.96. The third kappa shape index (κ3) is 1.54. The summed E-state index contributed by atoms with van der Waals surface area (Å²) in [4.78, 5) is 11.3. The number of carbonyl (C=O) groups is 1. The zero-order valence-electron chi connectivity index (χ0n) is 9.10. The molecule has 3 aromatic carbocycles. The highest BCUT2D eigenvalue weighted by molar-refractivity contribution is 6.08. The summed E-state index contributed by atoms with van der Waals surface area (Å²) in [6, 6.07) is 17.5. The first-order chi connectivity index (χ1) is 8.25. The molecule has 0 saturated heterocycles. The SMILES string of the molecule is O=C([OH2+])c1cccc2cc3ccccc3cc12. The largest absolute Gasteiger partial charge is 0.561 e. The van der Waals surface area contributed by atoms with Crippen molar-refractivity contribution >= 4 is 27.5 Å². The summed E-state index contributed by atoms with van der Waals surface area (Å²) >= 11 is 0. The fraction of sp³-hybridized carbons (Fsp3) is 0. The maximum absolute atomic E-state index is 11.3. The van der Waals surface area contributed by atoms with E-state index in [9.17, 15) is 4.79 Å². The van der Waals surface area contributed by atoms with Crippen LogP contribution in [-0.4, -0.2) is 11.1 Å². The maximum Gasteiger partial charge on any atom is 0.549 e. The lowest BCUT2D eigenvalue weighted by Gasteiger charge is -2.03. The van der Waals surface area contributed by atoms with E-state index < -0.39 is 5.97 Å². The van der Waals surface area contributed by atoms with Gasteiger partial charge in [0.05, 0.1) is 0 Å². The Hall–Kier alpha value is -2.35. The van der Waals surface area contributed by atoms with Gasteiger partial charge in [0.1, 0.15) is 5.56 Å². The van der Waals surface area contributed by atoms with Gasteiger partial charge in [0, 0.05) is 10.2 Å². The molecule has 0 aliphatic rings. The summed E-state index contributed by atoms with van der Waals surface area (Å²) in [6.45, 7) is 0. The molecule has 3 rings (SSSR count). The summed E-state index contributed by atoms with van der Waals surface area (Å²) < 4.78 is 0. The lowest BCUT2D eigenvalue weighted by atomic mass is 10.00. The average molecular weight is 223 g/mol. The molecule has 2 nitrogen and oxygen atoms in total. The minimum Gasteiger partial charge on any atom is -0.561 e. The minimum atomic E-state index is -0.633. The monoisotopic (exact) mass is 223 g/mol. The van der Waals surface area contributed by atoms with Gasteiger partial charge in [0.2, 0.25) is 0 Å².